The Labute approximate surface area is 274 Å². The molecule has 2 aromatic carbocycles. The number of aromatic nitrogens is 2. The van der Waals surface area contributed by atoms with E-state index in [1.807, 2.05) is 58.3 Å². The minimum atomic E-state index is -0.347. The fourth-order valence-corrected chi connectivity index (χ4v) is 6.51. The predicted octanol–water partition coefficient (Wildman–Crippen LogP) is 4.95. The third-order valence-electron chi connectivity index (χ3n) is 6.60. The molecule has 0 radical (unpaired) electrons. The number of fused-ring (bicyclic) bond motifs is 1. The first kappa shape index (κ1) is 34.3. The normalized spacial score (nSPS) is 10.8. The summed E-state index contributed by atoms with van der Waals surface area (Å²) in [5.74, 6) is -1.39. The van der Waals surface area contributed by atoms with Crippen molar-refractivity contribution >= 4 is 67.6 Å². The summed E-state index contributed by atoms with van der Waals surface area (Å²) in [5.41, 5.74) is 3.71. The van der Waals surface area contributed by atoms with E-state index in [4.69, 9.17) is 28.9 Å². The van der Waals surface area contributed by atoms with E-state index in [9.17, 15) is 19.2 Å². The fraction of sp³-hybridized carbons (Fsp3) is 0.375. The van der Waals surface area contributed by atoms with Gasteiger partial charge in [0.25, 0.3) is 0 Å². The molecule has 0 aliphatic heterocycles. The molecular weight excluding hydrogens is 633 g/mol. The van der Waals surface area contributed by atoms with Crippen LogP contribution in [0.2, 0.25) is 0 Å². The van der Waals surface area contributed by atoms with E-state index in [-0.39, 0.29) is 50.3 Å². The second-order valence-electron chi connectivity index (χ2n) is 10.1. The SMILES string of the molecule is CC(=O)OCCN(CCOC(C)=O)c1ccc(-c2nc3sc(-c4ccc(N(CCOC(C)=O)CCOC(C)=O)cc4)nc3s2)cc1. The highest BCUT2D eigenvalue weighted by Gasteiger charge is 2.16. The number of hydrogen-bond donors (Lipinski definition) is 0. The molecule has 4 rings (SSSR count). The maximum Gasteiger partial charge on any atom is 0.302 e. The Morgan fingerprint density at radius 1 is 0.522 bits per heavy atom. The number of esters is 4. The van der Waals surface area contributed by atoms with Crippen LogP contribution in [0, 0.1) is 0 Å². The molecule has 0 saturated heterocycles. The van der Waals surface area contributed by atoms with Gasteiger partial charge in [-0.25, -0.2) is 9.97 Å². The molecule has 0 aliphatic carbocycles. The van der Waals surface area contributed by atoms with Crippen molar-refractivity contribution in [3.63, 3.8) is 0 Å². The zero-order chi connectivity index (χ0) is 33.1. The number of carbonyl (C=O) groups is 4. The van der Waals surface area contributed by atoms with E-state index in [1.165, 1.54) is 50.4 Å². The van der Waals surface area contributed by atoms with Crippen molar-refractivity contribution in [1.29, 1.82) is 0 Å². The molecular formula is C32H36N4O8S2. The standard InChI is InChI=1S/C32H36N4O8S2/c1-21(37)41-17-13-35(14-18-42-22(2)38)27-9-5-25(6-10-27)29-33-31-32(45-29)34-30(46-31)26-7-11-28(12-8-26)36(15-19-43-23(3)39)16-20-44-24(4)40/h5-12H,13-20H2,1-4H3. The van der Waals surface area contributed by atoms with Crippen molar-refractivity contribution < 1.29 is 38.1 Å². The topological polar surface area (TPSA) is 137 Å². The molecule has 0 fully saturated rings. The van der Waals surface area contributed by atoms with Crippen LogP contribution in [0.1, 0.15) is 27.7 Å². The lowest BCUT2D eigenvalue weighted by molar-refractivity contribution is -0.142. The van der Waals surface area contributed by atoms with Crippen molar-refractivity contribution in [1.82, 2.24) is 9.97 Å². The molecule has 0 spiro atoms. The van der Waals surface area contributed by atoms with Crippen molar-refractivity contribution in [2.75, 3.05) is 62.4 Å². The largest absolute Gasteiger partial charge is 0.464 e. The molecule has 0 bridgehead atoms. The monoisotopic (exact) mass is 668 g/mol. The average Bonchev–Trinajstić information content (AvgIpc) is 3.59. The third kappa shape index (κ3) is 10.2. The van der Waals surface area contributed by atoms with Gasteiger partial charge in [0.2, 0.25) is 0 Å². The Morgan fingerprint density at radius 2 is 0.804 bits per heavy atom. The summed E-state index contributed by atoms with van der Waals surface area (Å²) in [5, 5.41) is 1.70. The molecule has 14 heteroatoms. The van der Waals surface area contributed by atoms with Crippen molar-refractivity contribution in [2.45, 2.75) is 27.7 Å². The molecule has 0 amide bonds. The van der Waals surface area contributed by atoms with Crippen LogP contribution in [-0.4, -0.2) is 86.5 Å². The first-order valence-corrected chi connectivity index (χ1v) is 16.2. The molecule has 0 N–H and O–H groups in total. The lowest BCUT2D eigenvalue weighted by Gasteiger charge is -2.24. The maximum atomic E-state index is 11.2. The lowest BCUT2D eigenvalue weighted by atomic mass is 10.2. The Kier molecular flexibility index (Phi) is 12.4. The van der Waals surface area contributed by atoms with Crippen LogP contribution < -0.4 is 9.80 Å². The minimum absolute atomic E-state index is 0.223. The highest BCUT2D eigenvalue weighted by atomic mass is 32.1. The van der Waals surface area contributed by atoms with E-state index in [2.05, 4.69) is 0 Å². The van der Waals surface area contributed by atoms with Gasteiger partial charge in [-0.15, -0.1) is 0 Å². The predicted molar refractivity (Wildman–Crippen MR) is 177 cm³/mol. The van der Waals surface area contributed by atoms with Gasteiger partial charge in [-0.2, -0.15) is 0 Å². The lowest BCUT2D eigenvalue weighted by Crippen LogP contribution is -2.31. The van der Waals surface area contributed by atoms with Gasteiger partial charge >= 0.3 is 23.9 Å². The highest BCUT2D eigenvalue weighted by Crippen LogP contribution is 2.37. The number of hydrogen-bond acceptors (Lipinski definition) is 14. The van der Waals surface area contributed by atoms with Crippen molar-refractivity contribution in [3.05, 3.63) is 48.5 Å². The van der Waals surface area contributed by atoms with Crippen molar-refractivity contribution in [3.8, 4) is 21.1 Å². The summed E-state index contributed by atoms with van der Waals surface area (Å²) in [4.78, 5) is 60.2. The van der Waals surface area contributed by atoms with Crippen LogP contribution in [0.25, 0.3) is 30.8 Å². The number of thiazole rings is 2. The van der Waals surface area contributed by atoms with Gasteiger partial charge in [-0.3, -0.25) is 19.2 Å². The summed E-state index contributed by atoms with van der Waals surface area (Å²) in [6.07, 6.45) is 0. The first-order chi connectivity index (χ1) is 22.1. The number of anilines is 2. The number of rotatable bonds is 16. The van der Waals surface area contributed by atoms with Crippen LogP contribution in [0.5, 0.6) is 0 Å². The molecule has 0 atom stereocenters. The maximum absolute atomic E-state index is 11.2. The quantitative estimate of drug-likeness (QED) is 0.118. The summed E-state index contributed by atoms with van der Waals surface area (Å²) in [7, 11) is 0. The molecule has 4 aromatic rings. The van der Waals surface area contributed by atoms with Gasteiger partial charge in [0.15, 0.2) is 9.66 Å². The molecule has 244 valence electrons. The van der Waals surface area contributed by atoms with Crippen LogP contribution in [0.4, 0.5) is 11.4 Å². The minimum Gasteiger partial charge on any atom is -0.464 e. The Hall–Kier alpha value is -4.56. The van der Waals surface area contributed by atoms with E-state index < -0.39 is 0 Å². The second-order valence-corrected chi connectivity index (χ2v) is 12.0. The van der Waals surface area contributed by atoms with E-state index in [1.54, 1.807) is 0 Å². The number of nitrogens with zero attached hydrogens (tertiary/aromatic N) is 4. The number of carbonyl (C=O) groups excluding carboxylic acids is 4. The average molecular weight is 669 g/mol. The highest BCUT2D eigenvalue weighted by molar-refractivity contribution is 7.29. The van der Waals surface area contributed by atoms with Crippen LogP contribution in [0.3, 0.4) is 0 Å². The van der Waals surface area contributed by atoms with Gasteiger partial charge in [0.1, 0.15) is 36.4 Å². The van der Waals surface area contributed by atoms with Crippen LogP contribution in [0.15, 0.2) is 48.5 Å². The Morgan fingerprint density at radius 3 is 1.07 bits per heavy atom. The van der Waals surface area contributed by atoms with Gasteiger partial charge in [-0.05, 0) is 48.5 Å². The second kappa shape index (κ2) is 16.7. The zero-order valence-corrected chi connectivity index (χ0v) is 27.8. The zero-order valence-electron chi connectivity index (χ0n) is 26.1. The van der Waals surface area contributed by atoms with Gasteiger partial charge in [0, 0.05) is 50.2 Å². The summed E-state index contributed by atoms with van der Waals surface area (Å²) in [6, 6.07) is 15.8. The summed E-state index contributed by atoms with van der Waals surface area (Å²) < 4.78 is 20.4. The Bertz CT molecular complexity index is 1450. The number of benzene rings is 2. The first-order valence-electron chi connectivity index (χ1n) is 14.6. The van der Waals surface area contributed by atoms with Crippen molar-refractivity contribution in [2.24, 2.45) is 0 Å². The molecule has 12 nitrogen and oxygen atoms in total. The fourth-order valence-electron chi connectivity index (χ4n) is 4.46. The van der Waals surface area contributed by atoms with E-state index >= 15 is 0 Å². The smallest absolute Gasteiger partial charge is 0.302 e. The van der Waals surface area contributed by atoms with Crippen LogP contribution in [-0.2, 0) is 38.1 Å². The van der Waals surface area contributed by atoms with Gasteiger partial charge < -0.3 is 28.7 Å². The van der Waals surface area contributed by atoms with Crippen LogP contribution >= 0.6 is 22.7 Å². The molecule has 46 heavy (non-hydrogen) atoms. The third-order valence-corrected chi connectivity index (χ3v) is 8.73. The molecule has 0 saturated carbocycles. The van der Waals surface area contributed by atoms with E-state index in [0.29, 0.717) is 26.2 Å². The summed E-state index contributed by atoms with van der Waals surface area (Å²) in [6.45, 7) is 8.20. The van der Waals surface area contributed by atoms with Gasteiger partial charge in [-0.1, -0.05) is 22.7 Å². The van der Waals surface area contributed by atoms with E-state index in [0.717, 1.165) is 42.2 Å². The molecule has 0 aliphatic rings. The van der Waals surface area contributed by atoms with Gasteiger partial charge in [0.05, 0.1) is 26.2 Å². The molecule has 2 aromatic heterocycles. The summed E-state index contributed by atoms with van der Waals surface area (Å²) >= 11 is 3.03. The molecule has 2 heterocycles. The molecule has 0 unspecified atom stereocenters. The number of ether oxygens (including phenoxy) is 4. The Balaban J connectivity index is 1.44.